The Morgan fingerprint density at radius 3 is 2.63 bits per heavy atom. The van der Waals surface area contributed by atoms with Gasteiger partial charge in [0.2, 0.25) is 0 Å². The van der Waals surface area contributed by atoms with Crippen LogP contribution in [-0.2, 0) is 6.54 Å². The maximum Gasteiger partial charge on any atom is 0.273 e. The number of piperidine rings is 1. The van der Waals surface area contributed by atoms with E-state index >= 15 is 0 Å². The number of benzene rings is 2. The monoisotopic (exact) mass is 403 g/mol. The number of hydrogen-bond acceptors (Lipinski definition) is 4. The van der Waals surface area contributed by atoms with Crippen molar-refractivity contribution in [2.24, 2.45) is 5.92 Å². The van der Waals surface area contributed by atoms with E-state index in [-0.39, 0.29) is 5.91 Å². The van der Waals surface area contributed by atoms with Gasteiger partial charge in [-0.3, -0.25) is 9.69 Å². The van der Waals surface area contributed by atoms with Crippen LogP contribution >= 0.6 is 0 Å². The number of carbonyl (C=O) groups is 1. The van der Waals surface area contributed by atoms with Crippen LogP contribution < -0.4 is 5.32 Å². The summed E-state index contributed by atoms with van der Waals surface area (Å²) in [5, 5.41) is 11.4. The van der Waals surface area contributed by atoms with Crippen LogP contribution in [0.4, 0.5) is 0 Å². The summed E-state index contributed by atoms with van der Waals surface area (Å²) in [6.07, 6.45) is 2.30. The van der Waals surface area contributed by atoms with Crippen LogP contribution in [0.3, 0.4) is 0 Å². The Kier molecular flexibility index (Phi) is 6.23. The molecule has 1 amide bonds. The summed E-state index contributed by atoms with van der Waals surface area (Å²) in [6, 6.07) is 18.6. The van der Waals surface area contributed by atoms with E-state index < -0.39 is 0 Å². The van der Waals surface area contributed by atoms with E-state index in [9.17, 15) is 4.79 Å². The molecule has 0 saturated carbocycles. The average Bonchev–Trinajstić information content (AvgIpc) is 3.15. The molecule has 2 heterocycles. The van der Waals surface area contributed by atoms with Gasteiger partial charge < -0.3 is 5.32 Å². The second kappa shape index (κ2) is 9.22. The number of amides is 1. The van der Waals surface area contributed by atoms with E-state index in [4.69, 9.17) is 0 Å². The first-order valence-electron chi connectivity index (χ1n) is 10.6. The van der Waals surface area contributed by atoms with Gasteiger partial charge in [-0.1, -0.05) is 53.2 Å². The maximum atomic E-state index is 12.7. The molecule has 1 atom stereocenters. The maximum absolute atomic E-state index is 12.7. The van der Waals surface area contributed by atoms with Crippen LogP contribution in [0.25, 0.3) is 5.69 Å². The van der Waals surface area contributed by atoms with Crippen LogP contribution in [0.1, 0.15) is 40.2 Å². The number of aryl methyl sites for hydroxylation is 1. The van der Waals surface area contributed by atoms with E-state index in [0.717, 1.165) is 43.9 Å². The van der Waals surface area contributed by atoms with E-state index in [0.29, 0.717) is 18.2 Å². The standard InChI is InChI=1S/C24H29N5O/c1-18-10-12-22(13-11-18)29-19(2)23(26-27-29)24(30)25-15-21-9-6-14-28(17-21)16-20-7-4-3-5-8-20/h3-5,7-8,10-13,21H,6,9,14-17H2,1-2H3,(H,25,30). The molecule has 4 rings (SSSR count). The molecular formula is C24H29N5O. The van der Waals surface area contributed by atoms with Crippen molar-refractivity contribution in [1.29, 1.82) is 0 Å². The van der Waals surface area contributed by atoms with Crippen molar-refractivity contribution in [2.75, 3.05) is 19.6 Å². The van der Waals surface area contributed by atoms with Crippen molar-refractivity contribution in [2.45, 2.75) is 33.2 Å². The van der Waals surface area contributed by atoms with E-state index in [1.165, 1.54) is 11.1 Å². The lowest BCUT2D eigenvalue weighted by Crippen LogP contribution is -2.40. The van der Waals surface area contributed by atoms with Gasteiger partial charge in [0.25, 0.3) is 5.91 Å². The Labute approximate surface area is 177 Å². The Morgan fingerprint density at radius 1 is 1.10 bits per heavy atom. The third-order valence-corrected chi connectivity index (χ3v) is 5.79. The van der Waals surface area contributed by atoms with Gasteiger partial charge >= 0.3 is 0 Å². The number of carbonyl (C=O) groups excluding carboxylic acids is 1. The Morgan fingerprint density at radius 2 is 1.87 bits per heavy atom. The molecule has 1 N–H and O–H groups in total. The zero-order chi connectivity index (χ0) is 20.9. The molecule has 1 unspecified atom stereocenters. The first-order valence-corrected chi connectivity index (χ1v) is 10.6. The van der Waals surface area contributed by atoms with Crippen molar-refractivity contribution in [3.05, 3.63) is 77.1 Å². The van der Waals surface area contributed by atoms with Gasteiger partial charge in [-0.05, 0) is 56.8 Å². The fourth-order valence-corrected chi connectivity index (χ4v) is 4.09. The molecule has 1 aliphatic rings. The van der Waals surface area contributed by atoms with Gasteiger partial charge in [-0.2, -0.15) is 0 Å². The predicted octanol–water partition coefficient (Wildman–Crippen LogP) is 3.53. The molecule has 0 spiro atoms. The van der Waals surface area contributed by atoms with Crippen molar-refractivity contribution >= 4 is 5.91 Å². The molecule has 1 saturated heterocycles. The summed E-state index contributed by atoms with van der Waals surface area (Å²) in [7, 11) is 0. The zero-order valence-electron chi connectivity index (χ0n) is 17.7. The lowest BCUT2D eigenvalue weighted by atomic mass is 9.97. The third kappa shape index (κ3) is 4.76. The third-order valence-electron chi connectivity index (χ3n) is 5.79. The summed E-state index contributed by atoms with van der Waals surface area (Å²) < 4.78 is 1.72. The smallest absolute Gasteiger partial charge is 0.273 e. The molecule has 0 bridgehead atoms. The fourth-order valence-electron chi connectivity index (χ4n) is 4.09. The predicted molar refractivity (Wildman–Crippen MR) is 118 cm³/mol. The lowest BCUT2D eigenvalue weighted by molar-refractivity contribution is 0.0925. The lowest BCUT2D eigenvalue weighted by Gasteiger charge is -2.32. The minimum absolute atomic E-state index is 0.147. The number of nitrogens with one attached hydrogen (secondary N) is 1. The minimum atomic E-state index is -0.147. The highest BCUT2D eigenvalue weighted by Crippen LogP contribution is 2.18. The largest absolute Gasteiger partial charge is 0.350 e. The second-order valence-electron chi connectivity index (χ2n) is 8.21. The molecule has 1 fully saturated rings. The molecule has 1 aliphatic heterocycles. The molecule has 0 aliphatic carbocycles. The second-order valence-corrected chi connectivity index (χ2v) is 8.21. The van der Waals surface area contributed by atoms with Crippen molar-refractivity contribution in [1.82, 2.24) is 25.2 Å². The Balaban J connectivity index is 1.34. The van der Waals surface area contributed by atoms with Gasteiger partial charge in [0.15, 0.2) is 5.69 Å². The molecule has 1 aromatic heterocycles. The number of hydrogen-bond donors (Lipinski definition) is 1. The minimum Gasteiger partial charge on any atom is -0.350 e. The normalized spacial score (nSPS) is 17.1. The van der Waals surface area contributed by atoms with E-state index in [1.807, 2.05) is 38.1 Å². The van der Waals surface area contributed by atoms with E-state index in [1.54, 1.807) is 4.68 Å². The Bertz CT molecular complexity index is 981. The van der Waals surface area contributed by atoms with Gasteiger partial charge in [0, 0.05) is 19.6 Å². The molecule has 0 radical (unpaired) electrons. The Hall–Kier alpha value is -2.99. The average molecular weight is 404 g/mol. The number of nitrogens with zero attached hydrogens (tertiary/aromatic N) is 4. The highest BCUT2D eigenvalue weighted by molar-refractivity contribution is 5.93. The van der Waals surface area contributed by atoms with Crippen LogP contribution in [0.15, 0.2) is 54.6 Å². The van der Waals surface area contributed by atoms with Crippen LogP contribution in [0.2, 0.25) is 0 Å². The number of rotatable bonds is 6. The first-order chi connectivity index (χ1) is 14.6. The summed E-state index contributed by atoms with van der Waals surface area (Å²) in [5.74, 6) is 0.310. The molecule has 30 heavy (non-hydrogen) atoms. The van der Waals surface area contributed by atoms with Gasteiger partial charge in [-0.25, -0.2) is 4.68 Å². The highest BCUT2D eigenvalue weighted by atomic mass is 16.2. The zero-order valence-corrected chi connectivity index (χ0v) is 17.7. The molecule has 6 nitrogen and oxygen atoms in total. The van der Waals surface area contributed by atoms with Crippen LogP contribution in [-0.4, -0.2) is 45.4 Å². The first kappa shape index (κ1) is 20.3. The molecule has 2 aromatic carbocycles. The summed E-state index contributed by atoms with van der Waals surface area (Å²) in [4.78, 5) is 15.2. The van der Waals surface area contributed by atoms with Gasteiger partial charge in [0.05, 0.1) is 11.4 Å². The summed E-state index contributed by atoms with van der Waals surface area (Å²) in [6.45, 7) is 7.68. The van der Waals surface area contributed by atoms with Crippen LogP contribution in [0.5, 0.6) is 0 Å². The van der Waals surface area contributed by atoms with Gasteiger partial charge in [-0.15, -0.1) is 5.10 Å². The van der Waals surface area contributed by atoms with E-state index in [2.05, 4.69) is 50.9 Å². The number of aromatic nitrogens is 3. The molecular weight excluding hydrogens is 374 g/mol. The topological polar surface area (TPSA) is 63.1 Å². The van der Waals surface area contributed by atoms with Crippen molar-refractivity contribution in [3.63, 3.8) is 0 Å². The molecule has 6 heteroatoms. The fraction of sp³-hybridized carbons (Fsp3) is 0.375. The molecule has 3 aromatic rings. The quantitative estimate of drug-likeness (QED) is 0.684. The van der Waals surface area contributed by atoms with Crippen molar-refractivity contribution in [3.8, 4) is 5.69 Å². The summed E-state index contributed by atoms with van der Waals surface area (Å²) in [5.41, 5.74) is 4.58. The highest BCUT2D eigenvalue weighted by Gasteiger charge is 2.22. The summed E-state index contributed by atoms with van der Waals surface area (Å²) >= 11 is 0. The number of likely N-dealkylation sites (tertiary alicyclic amines) is 1. The van der Waals surface area contributed by atoms with Gasteiger partial charge in [0.1, 0.15) is 0 Å². The molecule has 156 valence electrons. The van der Waals surface area contributed by atoms with Crippen LogP contribution in [0, 0.1) is 19.8 Å². The van der Waals surface area contributed by atoms with Crippen molar-refractivity contribution < 1.29 is 4.79 Å². The SMILES string of the molecule is Cc1ccc(-n2nnc(C(=O)NCC3CCCN(Cc4ccccc4)C3)c2C)cc1.